The number of likely N-dealkylation sites (N-methyl/N-ethyl adjacent to an activating group) is 1. The third-order valence-corrected chi connectivity index (χ3v) is 2.09. The highest BCUT2D eigenvalue weighted by molar-refractivity contribution is 5.75. The summed E-state index contributed by atoms with van der Waals surface area (Å²) in [6.07, 6.45) is 0. The van der Waals surface area contributed by atoms with Crippen molar-refractivity contribution in [2.45, 2.75) is 0 Å². The Bertz CT molecular complexity index is 338. The predicted octanol–water partition coefficient (Wildman–Crippen LogP) is 1.30. The fourth-order valence-corrected chi connectivity index (χ4v) is 1.20. The Balaban J connectivity index is 2.72. The van der Waals surface area contributed by atoms with Crippen LogP contribution in [0.4, 0.5) is 5.69 Å². The van der Waals surface area contributed by atoms with Crippen LogP contribution in [0.3, 0.4) is 0 Å². The number of hydrogen-bond acceptors (Lipinski definition) is 4. The molecule has 0 aliphatic carbocycles. The molecular formula is C11H15NO3. The molecule has 1 aromatic rings. The first-order chi connectivity index (χ1) is 7.17. The van der Waals surface area contributed by atoms with Crippen molar-refractivity contribution in [3.05, 3.63) is 24.3 Å². The Morgan fingerprint density at radius 2 is 2.13 bits per heavy atom. The molecule has 0 atom stereocenters. The first-order valence-electron chi connectivity index (χ1n) is 4.59. The van der Waals surface area contributed by atoms with Crippen molar-refractivity contribution in [1.29, 1.82) is 0 Å². The molecule has 1 aromatic carbocycles. The van der Waals surface area contributed by atoms with E-state index >= 15 is 0 Å². The van der Waals surface area contributed by atoms with Gasteiger partial charge in [0.15, 0.2) is 0 Å². The number of carbonyl (C=O) groups is 1. The van der Waals surface area contributed by atoms with Gasteiger partial charge in [-0.2, -0.15) is 0 Å². The van der Waals surface area contributed by atoms with Gasteiger partial charge in [0, 0.05) is 18.8 Å². The second-order valence-electron chi connectivity index (χ2n) is 3.13. The van der Waals surface area contributed by atoms with E-state index in [9.17, 15) is 4.79 Å². The zero-order chi connectivity index (χ0) is 11.3. The highest BCUT2D eigenvalue weighted by Gasteiger charge is 2.07. The third-order valence-electron chi connectivity index (χ3n) is 2.09. The highest BCUT2D eigenvalue weighted by atomic mass is 16.5. The molecule has 0 fully saturated rings. The number of anilines is 1. The summed E-state index contributed by atoms with van der Waals surface area (Å²) in [5, 5.41) is 0. The zero-order valence-corrected chi connectivity index (χ0v) is 9.19. The Kier molecular flexibility index (Phi) is 3.97. The van der Waals surface area contributed by atoms with Gasteiger partial charge >= 0.3 is 5.97 Å². The molecule has 0 radical (unpaired) electrons. The highest BCUT2D eigenvalue weighted by Crippen LogP contribution is 2.19. The fourth-order valence-electron chi connectivity index (χ4n) is 1.20. The second-order valence-corrected chi connectivity index (χ2v) is 3.13. The van der Waals surface area contributed by atoms with E-state index in [0.717, 1.165) is 11.4 Å². The lowest BCUT2D eigenvalue weighted by Crippen LogP contribution is -2.26. The normalized spacial score (nSPS) is 9.53. The third kappa shape index (κ3) is 3.16. The van der Waals surface area contributed by atoms with Gasteiger partial charge in [0.25, 0.3) is 0 Å². The number of methoxy groups -OCH3 is 2. The van der Waals surface area contributed by atoms with Crippen LogP contribution in [0.25, 0.3) is 0 Å². The Morgan fingerprint density at radius 3 is 2.73 bits per heavy atom. The maximum absolute atomic E-state index is 11.1. The summed E-state index contributed by atoms with van der Waals surface area (Å²) in [6, 6.07) is 7.51. The van der Waals surface area contributed by atoms with Crippen molar-refractivity contribution in [2.24, 2.45) is 0 Å². The number of nitrogens with zero attached hydrogens (tertiary/aromatic N) is 1. The Morgan fingerprint density at radius 1 is 1.40 bits per heavy atom. The van der Waals surface area contributed by atoms with Crippen molar-refractivity contribution in [3.8, 4) is 5.75 Å². The molecule has 0 spiro atoms. The van der Waals surface area contributed by atoms with E-state index in [-0.39, 0.29) is 12.5 Å². The zero-order valence-electron chi connectivity index (χ0n) is 9.19. The molecule has 4 nitrogen and oxygen atoms in total. The van der Waals surface area contributed by atoms with E-state index in [1.54, 1.807) is 12.0 Å². The molecule has 4 heteroatoms. The molecule has 1 rings (SSSR count). The molecular weight excluding hydrogens is 194 g/mol. The smallest absolute Gasteiger partial charge is 0.325 e. The number of ether oxygens (including phenoxy) is 2. The maximum atomic E-state index is 11.1. The van der Waals surface area contributed by atoms with Gasteiger partial charge in [-0.05, 0) is 12.1 Å². The van der Waals surface area contributed by atoms with Crippen LogP contribution in [0.5, 0.6) is 5.75 Å². The number of benzene rings is 1. The minimum absolute atomic E-state index is 0.226. The van der Waals surface area contributed by atoms with Gasteiger partial charge in [-0.25, -0.2) is 0 Å². The summed E-state index contributed by atoms with van der Waals surface area (Å²) in [5.74, 6) is 0.504. The molecule has 0 saturated heterocycles. The van der Waals surface area contributed by atoms with Crippen LogP contribution in [0.15, 0.2) is 24.3 Å². The Labute approximate surface area is 89.4 Å². The van der Waals surface area contributed by atoms with Crippen LogP contribution >= 0.6 is 0 Å². The maximum Gasteiger partial charge on any atom is 0.325 e. The Hall–Kier alpha value is -1.71. The van der Waals surface area contributed by atoms with Gasteiger partial charge < -0.3 is 14.4 Å². The van der Waals surface area contributed by atoms with E-state index in [1.165, 1.54) is 7.11 Å². The lowest BCUT2D eigenvalue weighted by atomic mass is 10.3. The average molecular weight is 209 g/mol. The average Bonchev–Trinajstić information content (AvgIpc) is 2.28. The van der Waals surface area contributed by atoms with Crippen molar-refractivity contribution in [3.63, 3.8) is 0 Å². The molecule has 0 aromatic heterocycles. The first kappa shape index (κ1) is 11.4. The molecule has 0 aliphatic heterocycles. The molecule has 15 heavy (non-hydrogen) atoms. The largest absolute Gasteiger partial charge is 0.497 e. The molecule has 82 valence electrons. The molecule has 0 amide bonds. The van der Waals surface area contributed by atoms with Crippen LogP contribution in [0.2, 0.25) is 0 Å². The van der Waals surface area contributed by atoms with Crippen molar-refractivity contribution >= 4 is 11.7 Å². The van der Waals surface area contributed by atoms with Gasteiger partial charge in [-0.15, -0.1) is 0 Å². The number of rotatable bonds is 4. The van der Waals surface area contributed by atoms with Crippen LogP contribution in [0, 0.1) is 0 Å². The molecule has 0 bridgehead atoms. The number of esters is 1. The topological polar surface area (TPSA) is 38.8 Å². The van der Waals surface area contributed by atoms with Gasteiger partial charge in [0.05, 0.1) is 14.2 Å². The molecule has 0 heterocycles. The summed E-state index contributed by atoms with van der Waals surface area (Å²) in [5.41, 5.74) is 0.916. The standard InChI is InChI=1S/C11H15NO3/c1-12(8-11(13)15-3)9-5-4-6-10(7-9)14-2/h4-7H,8H2,1-3H3. The number of hydrogen-bond donors (Lipinski definition) is 0. The van der Waals surface area contributed by atoms with Crippen LogP contribution in [0.1, 0.15) is 0 Å². The summed E-state index contributed by atoms with van der Waals surface area (Å²) in [7, 11) is 4.81. The number of carbonyl (C=O) groups excluding carboxylic acids is 1. The van der Waals surface area contributed by atoms with Crippen molar-refractivity contribution in [1.82, 2.24) is 0 Å². The lowest BCUT2D eigenvalue weighted by molar-refractivity contribution is -0.138. The predicted molar refractivity (Wildman–Crippen MR) is 58.3 cm³/mol. The van der Waals surface area contributed by atoms with Gasteiger partial charge in [0.1, 0.15) is 12.3 Å². The first-order valence-corrected chi connectivity index (χ1v) is 4.59. The summed E-state index contributed by atoms with van der Waals surface area (Å²) in [6.45, 7) is 0.226. The van der Waals surface area contributed by atoms with Gasteiger partial charge in [0.2, 0.25) is 0 Å². The summed E-state index contributed by atoms with van der Waals surface area (Å²) >= 11 is 0. The molecule has 0 N–H and O–H groups in total. The van der Waals surface area contributed by atoms with Crippen LogP contribution in [-0.4, -0.2) is 33.8 Å². The monoisotopic (exact) mass is 209 g/mol. The lowest BCUT2D eigenvalue weighted by Gasteiger charge is -2.18. The molecule has 0 unspecified atom stereocenters. The van der Waals surface area contributed by atoms with Crippen LogP contribution < -0.4 is 9.64 Å². The summed E-state index contributed by atoms with van der Waals surface area (Å²) in [4.78, 5) is 12.9. The molecule has 0 aliphatic rings. The van der Waals surface area contributed by atoms with E-state index in [0.29, 0.717) is 0 Å². The minimum Gasteiger partial charge on any atom is -0.497 e. The summed E-state index contributed by atoms with van der Waals surface area (Å²) < 4.78 is 9.68. The second kappa shape index (κ2) is 5.24. The van der Waals surface area contributed by atoms with E-state index < -0.39 is 0 Å². The van der Waals surface area contributed by atoms with E-state index in [4.69, 9.17) is 4.74 Å². The van der Waals surface area contributed by atoms with E-state index in [2.05, 4.69) is 4.74 Å². The fraction of sp³-hybridized carbons (Fsp3) is 0.364. The van der Waals surface area contributed by atoms with Gasteiger partial charge in [-0.3, -0.25) is 4.79 Å². The quantitative estimate of drug-likeness (QED) is 0.701. The van der Waals surface area contributed by atoms with Crippen molar-refractivity contribution < 1.29 is 14.3 Å². The SMILES string of the molecule is COC(=O)CN(C)c1cccc(OC)c1. The van der Waals surface area contributed by atoms with Crippen molar-refractivity contribution in [2.75, 3.05) is 32.7 Å². The van der Waals surface area contributed by atoms with Gasteiger partial charge in [-0.1, -0.05) is 6.07 Å². The van der Waals surface area contributed by atoms with E-state index in [1.807, 2.05) is 31.3 Å². The molecule has 0 saturated carbocycles. The minimum atomic E-state index is -0.264. The van der Waals surface area contributed by atoms with Crippen LogP contribution in [-0.2, 0) is 9.53 Å².